The average molecular weight is 330 g/mol. The number of nitrogens with zero attached hydrogens (tertiary/aromatic N) is 1. The van der Waals surface area contributed by atoms with Gasteiger partial charge in [-0.05, 0) is 19.3 Å². The van der Waals surface area contributed by atoms with E-state index in [0.717, 1.165) is 0 Å². The molecule has 3 unspecified atom stereocenters. The number of hydrogen-bond donors (Lipinski definition) is 5. The van der Waals surface area contributed by atoms with Crippen molar-refractivity contribution >= 4 is 23.7 Å². The number of carbonyl (C=O) groups is 4. The number of aliphatic hydroxyl groups excluding tert-OH is 1. The SMILES string of the molecule is NC(=O)CCC(NC(=O)C(N)CO)C(=O)N1CCCC1C(=O)O. The van der Waals surface area contributed by atoms with Gasteiger partial charge in [0.15, 0.2) is 0 Å². The third kappa shape index (κ3) is 5.18. The summed E-state index contributed by atoms with van der Waals surface area (Å²) in [6.45, 7) is -0.352. The Morgan fingerprint density at radius 2 is 1.96 bits per heavy atom. The zero-order chi connectivity index (χ0) is 17.6. The van der Waals surface area contributed by atoms with E-state index in [9.17, 15) is 19.2 Å². The smallest absolute Gasteiger partial charge is 0.326 e. The molecule has 23 heavy (non-hydrogen) atoms. The van der Waals surface area contributed by atoms with E-state index in [0.29, 0.717) is 12.8 Å². The molecule has 10 nitrogen and oxygen atoms in total. The summed E-state index contributed by atoms with van der Waals surface area (Å²) < 4.78 is 0. The molecule has 10 heteroatoms. The quantitative estimate of drug-likeness (QED) is 0.317. The van der Waals surface area contributed by atoms with Crippen molar-refractivity contribution in [3.63, 3.8) is 0 Å². The fourth-order valence-corrected chi connectivity index (χ4v) is 2.39. The molecule has 0 aromatic heterocycles. The summed E-state index contributed by atoms with van der Waals surface area (Å²) in [6.07, 6.45) is 0.639. The highest BCUT2D eigenvalue weighted by Gasteiger charge is 2.37. The van der Waals surface area contributed by atoms with Crippen LogP contribution in [-0.4, -0.2) is 70.1 Å². The van der Waals surface area contributed by atoms with E-state index in [1.807, 2.05) is 0 Å². The molecule has 130 valence electrons. The molecule has 0 aromatic rings. The molecule has 1 aliphatic heterocycles. The first kappa shape index (κ1) is 18.8. The zero-order valence-corrected chi connectivity index (χ0v) is 12.6. The molecule has 3 atom stereocenters. The molecular formula is C13H22N4O6. The number of primary amides is 1. The monoisotopic (exact) mass is 330 g/mol. The molecule has 0 aromatic carbocycles. The Kier molecular flexibility index (Phi) is 6.91. The molecule has 1 heterocycles. The first-order valence-electron chi connectivity index (χ1n) is 7.26. The van der Waals surface area contributed by atoms with Crippen LogP contribution < -0.4 is 16.8 Å². The second-order valence-corrected chi connectivity index (χ2v) is 5.38. The van der Waals surface area contributed by atoms with Crippen LogP contribution in [0.4, 0.5) is 0 Å². The predicted octanol–water partition coefficient (Wildman–Crippen LogP) is -2.87. The number of carboxylic acid groups (broad SMARTS) is 1. The van der Waals surface area contributed by atoms with E-state index in [4.69, 9.17) is 21.7 Å². The maximum atomic E-state index is 12.5. The van der Waals surface area contributed by atoms with Crippen LogP contribution in [0.2, 0.25) is 0 Å². The molecule has 0 radical (unpaired) electrons. The van der Waals surface area contributed by atoms with Gasteiger partial charge in [-0.1, -0.05) is 0 Å². The molecule has 1 aliphatic rings. The molecule has 0 saturated carbocycles. The van der Waals surface area contributed by atoms with Crippen LogP contribution >= 0.6 is 0 Å². The van der Waals surface area contributed by atoms with Crippen molar-refractivity contribution in [2.45, 2.75) is 43.8 Å². The number of nitrogens with two attached hydrogens (primary N) is 2. The number of carbonyl (C=O) groups excluding carboxylic acids is 3. The van der Waals surface area contributed by atoms with Gasteiger partial charge in [0.1, 0.15) is 18.1 Å². The minimum atomic E-state index is -1.22. The van der Waals surface area contributed by atoms with Gasteiger partial charge in [-0.25, -0.2) is 4.79 Å². The van der Waals surface area contributed by atoms with Gasteiger partial charge in [-0.2, -0.15) is 0 Å². The zero-order valence-electron chi connectivity index (χ0n) is 12.6. The summed E-state index contributed by atoms with van der Waals surface area (Å²) >= 11 is 0. The topological polar surface area (TPSA) is 176 Å². The summed E-state index contributed by atoms with van der Waals surface area (Å²) in [6, 6.07) is -3.29. The van der Waals surface area contributed by atoms with Crippen molar-refractivity contribution in [2.75, 3.05) is 13.2 Å². The Balaban J connectivity index is 2.84. The Morgan fingerprint density at radius 1 is 1.30 bits per heavy atom. The van der Waals surface area contributed by atoms with Gasteiger partial charge in [0, 0.05) is 13.0 Å². The molecule has 3 amide bonds. The minimum absolute atomic E-state index is 0.0686. The van der Waals surface area contributed by atoms with Crippen LogP contribution in [-0.2, 0) is 19.2 Å². The van der Waals surface area contributed by atoms with Crippen molar-refractivity contribution in [1.82, 2.24) is 10.2 Å². The van der Waals surface area contributed by atoms with Gasteiger partial charge < -0.3 is 31.9 Å². The second-order valence-electron chi connectivity index (χ2n) is 5.38. The van der Waals surface area contributed by atoms with E-state index in [-0.39, 0.29) is 19.4 Å². The van der Waals surface area contributed by atoms with Crippen molar-refractivity contribution in [3.8, 4) is 0 Å². The first-order chi connectivity index (χ1) is 10.8. The largest absolute Gasteiger partial charge is 0.480 e. The van der Waals surface area contributed by atoms with Crippen molar-refractivity contribution in [3.05, 3.63) is 0 Å². The summed E-state index contributed by atoms with van der Waals surface area (Å²) in [5, 5.41) is 20.3. The fraction of sp³-hybridized carbons (Fsp3) is 0.692. The van der Waals surface area contributed by atoms with Crippen LogP contribution in [0, 0.1) is 0 Å². The lowest BCUT2D eigenvalue weighted by Crippen LogP contribution is -2.55. The van der Waals surface area contributed by atoms with Crippen molar-refractivity contribution < 1.29 is 29.4 Å². The van der Waals surface area contributed by atoms with E-state index in [1.54, 1.807) is 0 Å². The Bertz CT molecular complexity index is 483. The Labute approximate surface area is 132 Å². The van der Waals surface area contributed by atoms with Gasteiger partial charge in [-0.15, -0.1) is 0 Å². The summed E-state index contributed by atoms with van der Waals surface area (Å²) in [5.41, 5.74) is 10.4. The normalized spacial score (nSPS) is 19.9. The summed E-state index contributed by atoms with van der Waals surface area (Å²) in [4.78, 5) is 47.5. The third-order valence-corrected chi connectivity index (χ3v) is 3.65. The van der Waals surface area contributed by atoms with Crippen LogP contribution in [0.25, 0.3) is 0 Å². The van der Waals surface area contributed by atoms with E-state index in [2.05, 4.69) is 5.32 Å². The van der Waals surface area contributed by atoms with Crippen LogP contribution in [0.1, 0.15) is 25.7 Å². The number of rotatable bonds is 8. The van der Waals surface area contributed by atoms with Gasteiger partial charge in [0.2, 0.25) is 17.7 Å². The highest BCUT2D eigenvalue weighted by Crippen LogP contribution is 2.19. The number of amides is 3. The molecule has 0 aliphatic carbocycles. The molecule has 7 N–H and O–H groups in total. The number of carboxylic acids is 1. The highest BCUT2D eigenvalue weighted by molar-refractivity contribution is 5.92. The number of hydrogen-bond acceptors (Lipinski definition) is 6. The van der Waals surface area contributed by atoms with E-state index in [1.165, 1.54) is 4.90 Å². The minimum Gasteiger partial charge on any atom is -0.480 e. The van der Waals surface area contributed by atoms with Gasteiger partial charge >= 0.3 is 5.97 Å². The summed E-state index contributed by atoms with van der Waals surface area (Å²) in [5.74, 6) is -3.14. The number of likely N-dealkylation sites (tertiary alicyclic amines) is 1. The lowest BCUT2D eigenvalue weighted by molar-refractivity contribution is -0.149. The van der Waals surface area contributed by atoms with Crippen molar-refractivity contribution in [1.29, 1.82) is 0 Å². The standard InChI is InChI=1S/C13H22N4O6/c14-7(6-18)11(20)16-8(3-4-10(15)19)12(21)17-5-1-2-9(17)13(22)23/h7-9,18H,1-6,14H2,(H2,15,19)(H,16,20)(H,22,23). The maximum Gasteiger partial charge on any atom is 0.326 e. The van der Waals surface area contributed by atoms with Gasteiger partial charge in [-0.3, -0.25) is 14.4 Å². The highest BCUT2D eigenvalue weighted by atomic mass is 16.4. The Hall–Kier alpha value is -2.20. The lowest BCUT2D eigenvalue weighted by atomic mass is 10.1. The van der Waals surface area contributed by atoms with Crippen LogP contribution in [0.3, 0.4) is 0 Å². The first-order valence-corrected chi connectivity index (χ1v) is 7.26. The fourth-order valence-electron chi connectivity index (χ4n) is 2.39. The number of aliphatic hydroxyl groups is 1. The van der Waals surface area contributed by atoms with Crippen LogP contribution in [0.15, 0.2) is 0 Å². The summed E-state index contributed by atoms with van der Waals surface area (Å²) in [7, 11) is 0. The number of nitrogens with one attached hydrogen (secondary N) is 1. The van der Waals surface area contributed by atoms with Crippen molar-refractivity contribution in [2.24, 2.45) is 11.5 Å². The molecule has 0 spiro atoms. The lowest BCUT2D eigenvalue weighted by Gasteiger charge is -2.27. The van der Waals surface area contributed by atoms with Gasteiger partial charge in [0.25, 0.3) is 0 Å². The molecule has 1 fully saturated rings. The van der Waals surface area contributed by atoms with E-state index >= 15 is 0 Å². The number of aliphatic carboxylic acids is 1. The molecular weight excluding hydrogens is 308 g/mol. The molecule has 1 rings (SSSR count). The molecule has 0 bridgehead atoms. The predicted molar refractivity (Wildman–Crippen MR) is 77.8 cm³/mol. The third-order valence-electron chi connectivity index (χ3n) is 3.65. The average Bonchev–Trinajstić information content (AvgIpc) is 2.99. The second kappa shape index (κ2) is 8.44. The maximum absolute atomic E-state index is 12.5. The van der Waals surface area contributed by atoms with Gasteiger partial charge in [0.05, 0.1) is 6.61 Å². The Morgan fingerprint density at radius 3 is 2.48 bits per heavy atom. The van der Waals surface area contributed by atoms with E-state index < -0.39 is 48.4 Å². The molecule has 1 saturated heterocycles. The van der Waals surface area contributed by atoms with Crippen LogP contribution in [0.5, 0.6) is 0 Å².